The molecule has 5 heteroatoms. The number of benzene rings is 2. The van der Waals surface area contributed by atoms with Crippen molar-refractivity contribution in [3.63, 3.8) is 0 Å². The van der Waals surface area contributed by atoms with Gasteiger partial charge in [-0.15, -0.1) is 0 Å². The van der Waals surface area contributed by atoms with Gasteiger partial charge in [0.2, 0.25) is 6.04 Å². The highest BCUT2D eigenvalue weighted by molar-refractivity contribution is 6.03. The molecule has 5 atom stereocenters. The molecule has 0 N–H and O–H groups in total. The third kappa shape index (κ3) is 2.75. The van der Waals surface area contributed by atoms with Gasteiger partial charge >= 0.3 is 11.9 Å². The number of fused-ring (bicyclic) bond motifs is 7. The van der Waals surface area contributed by atoms with E-state index in [1.54, 1.807) is 0 Å². The Bertz CT molecular complexity index is 943. The van der Waals surface area contributed by atoms with Gasteiger partial charge in [0.15, 0.2) is 0 Å². The van der Waals surface area contributed by atoms with Gasteiger partial charge in [0.05, 0.1) is 20.3 Å². The van der Waals surface area contributed by atoms with E-state index in [0.717, 1.165) is 11.3 Å². The third-order valence-corrected chi connectivity index (χ3v) is 7.49. The number of nitrogens with zero attached hydrogens (tertiary/aromatic N) is 1. The third-order valence-electron chi connectivity index (χ3n) is 7.49. The van der Waals surface area contributed by atoms with Gasteiger partial charge in [0.1, 0.15) is 0 Å². The van der Waals surface area contributed by atoms with Crippen molar-refractivity contribution < 1.29 is 19.1 Å². The molecule has 0 aromatic heterocycles. The Morgan fingerprint density at radius 2 is 1.53 bits per heavy atom. The lowest BCUT2D eigenvalue weighted by molar-refractivity contribution is -0.154. The summed E-state index contributed by atoms with van der Waals surface area (Å²) in [5.74, 6) is 0.912. The second-order valence-corrected chi connectivity index (χ2v) is 8.71. The lowest BCUT2D eigenvalue weighted by atomic mass is 9.67. The zero-order valence-electron chi connectivity index (χ0n) is 17.4. The van der Waals surface area contributed by atoms with Crippen LogP contribution >= 0.6 is 0 Å². The van der Waals surface area contributed by atoms with Crippen LogP contribution in [0.5, 0.6) is 0 Å². The molecule has 30 heavy (non-hydrogen) atoms. The average Bonchev–Trinajstić information content (AvgIpc) is 3.42. The highest BCUT2D eigenvalue weighted by atomic mass is 16.5. The molecular formula is C25H27NO4. The zero-order valence-corrected chi connectivity index (χ0v) is 17.4. The van der Waals surface area contributed by atoms with Gasteiger partial charge in [-0.05, 0) is 60.1 Å². The molecule has 1 aliphatic heterocycles. The van der Waals surface area contributed by atoms with Crippen molar-refractivity contribution in [1.82, 2.24) is 0 Å². The van der Waals surface area contributed by atoms with Crippen LogP contribution in [0, 0.1) is 17.8 Å². The highest BCUT2D eigenvalue weighted by Gasteiger charge is 2.58. The van der Waals surface area contributed by atoms with Crippen LogP contribution in [-0.4, -0.2) is 32.2 Å². The van der Waals surface area contributed by atoms with Gasteiger partial charge in [-0.2, -0.15) is 0 Å². The van der Waals surface area contributed by atoms with Crippen LogP contribution in [-0.2, 0) is 19.1 Å². The number of methoxy groups -OCH3 is 2. The number of para-hydroxylation sites is 1. The van der Waals surface area contributed by atoms with Crippen molar-refractivity contribution in [3.8, 4) is 0 Å². The standard InChI is InChI=1S/C25H27NO4/c1-29-24(27)23(25(28)30-2)26-19-11-7-6-10-18(19)20-16-12-13-17(14-16)21(20)22(26)15-8-4-3-5-9-15/h3-11,16-17,20-23H,12-14H2,1-2H3/t16-,17+,20-,21-,22+/m0/s1. The van der Waals surface area contributed by atoms with E-state index in [1.165, 1.54) is 39.0 Å². The quantitative estimate of drug-likeness (QED) is 0.566. The molecule has 3 aliphatic rings. The summed E-state index contributed by atoms with van der Waals surface area (Å²) in [4.78, 5) is 27.8. The van der Waals surface area contributed by atoms with E-state index < -0.39 is 18.0 Å². The summed E-state index contributed by atoms with van der Waals surface area (Å²) in [6, 6.07) is 17.3. The number of esters is 2. The van der Waals surface area contributed by atoms with Crippen molar-refractivity contribution in [2.24, 2.45) is 17.8 Å². The number of hydrogen-bond acceptors (Lipinski definition) is 5. The second-order valence-electron chi connectivity index (χ2n) is 8.71. The average molecular weight is 405 g/mol. The van der Waals surface area contributed by atoms with Gasteiger partial charge in [-0.25, -0.2) is 9.59 Å². The minimum Gasteiger partial charge on any atom is -0.467 e. The van der Waals surface area contributed by atoms with E-state index in [-0.39, 0.29) is 6.04 Å². The molecule has 1 heterocycles. The van der Waals surface area contributed by atoms with Crippen LogP contribution < -0.4 is 4.90 Å². The van der Waals surface area contributed by atoms with Crippen LogP contribution in [0.4, 0.5) is 5.69 Å². The van der Waals surface area contributed by atoms with Crippen molar-refractivity contribution in [1.29, 1.82) is 0 Å². The fourth-order valence-electron chi connectivity index (χ4n) is 6.47. The molecule has 2 saturated carbocycles. The van der Waals surface area contributed by atoms with E-state index in [9.17, 15) is 9.59 Å². The Hall–Kier alpha value is -2.82. The summed E-state index contributed by atoms with van der Waals surface area (Å²) >= 11 is 0. The molecule has 5 nitrogen and oxygen atoms in total. The van der Waals surface area contributed by atoms with Gasteiger partial charge in [-0.1, -0.05) is 48.5 Å². The van der Waals surface area contributed by atoms with Crippen LogP contribution in [0.15, 0.2) is 54.6 Å². The Labute approximate surface area is 177 Å². The van der Waals surface area contributed by atoms with E-state index in [2.05, 4.69) is 24.3 Å². The van der Waals surface area contributed by atoms with Crippen molar-refractivity contribution >= 4 is 17.6 Å². The molecule has 2 aliphatic carbocycles. The number of ether oxygens (including phenoxy) is 2. The van der Waals surface area contributed by atoms with Gasteiger partial charge < -0.3 is 14.4 Å². The van der Waals surface area contributed by atoms with Crippen molar-refractivity contribution in [2.45, 2.75) is 37.3 Å². The van der Waals surface area contributed by atoms with Crippen LogP contribution in [0.3, 0.4) is 0 Å². The van der Waals surface area contributed by atoms with Crippen LogP contribution in [0.2, 0.25) is 0 Å². The molecule has 5 rings (SSSR count). The van der Waals surface area contributed by atoms with Crippen LogP contribution in [0.1, 0.15) is 42.3 Å². The molecular weight excluding hydrogens is 378 g/mol. The fraction of sp³-hybridized carbons (Fsp3) is 0.440. The number of anilines is 1. The fourth-order valence-corrected chi connectivity index (χ4v) is 6.47. The monoisotopic (exact) mass is 405 g/mol. The first-order valence-corrected chi connectivity index (χ1v) is 10.7. The largest absolute Gasteiger partial charge is 0.467 e. The predicted octanol–water partition coefficient (Wildman–Crippen LogP) is 4.09. The Morgan fingerprint density at radius 1 is 0.900 bits per heavy atom. The van der Waals surface area contributed by atoms with E-state index in [0.29, 0.717) is 23.7 Å². The van der Waals surface area contributed by atoms with E-state index in [1.807, 2.05) is 35.2 Å². The number of hydrogen-bond donors (Lipinski definition) is 0. The summed E-state index contributed by atoms with van der Waals surface area (Å²) < 4.78 is 10.2. The minimum atomic E-state index is -1.13. The number of carbonyl (C=O) groups excluding carboxylic acids is 2. The molecule has 2 bridgehead atoms. The Morgan fingerprint density at radius 3 is 2.23 bits per heavy atom. The van der Waals surface area contributed by atoms with Gasteiger partial charge in [0, 0.05) is 5.69 Å². The summed E-state index contributed by atoms with van der Waals surface area (Å²) in [7, 11) is 2.65. The normalized spacial score (nSPS) is 28.8. The summed E-state index contributed by atoms with van der Waals surface area (Å²) in [5.41, 5.74) is 3.33. The summed E-state index contributed by atoms with van der Waals surface area (Å²) in [6.07, 6.45) is 3.70. The number of carbonyl (C=O) groups is 2. The molecule has 2 aromatic rings. The first-order chi connectivity index (χ1) is 14.7. The van der Waals surface area contributed by atoms with E-state index in [4.69, 9.17) is 9.47 Å². The molecule has 0 saturated heterocycles. The molecule has 156 valence electrons. The Balaban J connectivity index is 1.75. The minimum absolute atomic E-state index is 0.0791. The Kier molecular flexibility index (Phi) is 4.76. The molecule has 2 aromatic carbocycles. The summed E-state index contributed by atoms with van der Waals surface area (Å²) in [6.45, 7) is 0. The maximum atomic E-state index is 12.9. The first kappa shape index (κ1) is 19.2. The molecule has 2 fully saturated rings. The van der Waals surface area contributed by atoms with Gasteiger partial charge in [0.25, 0.3) is 0 Å². The lowest BCUT2D eigenvalue weighted by Gasteiger charge is -2.51. The SMILES string of the molecule is COC(=O)C(C(=O)OC)N1c2ccccc2[C@@H]2[C@H]3CC[C@H](C3)[C@@H]2[C@H]1c1ccccc1. The zero-order chi connectivity index (χ0) is 20.8. The maximum absolute atomic E-state index is 12.9. The topological polar surface area (TPSA) is 55.8 Å². The second kappa shape index (κ2) is 7.46. The van der Waals surface area contributed by atoms with Crippen molar-refractivity contribution in [3.05, 3.63) is 65.7 Å². The summed E-state index contributed by atoms with van der Waals surface area (Å²) in [5, 5.41) is 0. The molecule has 0 spiro atoms. The van der Waals surface area contributed by atoms with E-state index >= 15 is 0 Å². The molecule has 0 amide bonds. The molecule has 0 unspecified atom stereocenters. The maximum Gasteiger partial charge on any atom is 0.340 e. The van der Waals surface area contributed by atoms with Crippen molar-refractivity contribution in [2.75, 3.05) is 19.1 Å². The van der Waals surface area contributed by atoms with Crippen LogP contribution in [0.25, 0.3) is 0 Å². The molecule has 0 radical (unpaired) electrons. The smallest absolute Gasteiger partial charge is 0.340 e. The van der Waals surface area contributed by atoms with Gasteiger partial charge in [-0.3, -0.25) is 0 Å². The lowest BCUT2D eigenvalue weighted by Crippen LogP contribution is -2.55. The first-order valence-electron chi connectivity index (χ1n) is 10.7. The predicted molar refractivity (Wildman–Crippen MR) is 113 cm³/mol. The number of rotatable bonds is 4. The highest BCUT2D eigenvalue weighted by Crippen LogP contribution is 2.65.